The number of ketones is 1. The number of carbonyl (C=O) groups excluding carboxylic acids is 1. The van der Waals surface area contributed by atoms with Gasteiger partial charge in [-0.3, -0.25) is 4.79 Å². The van der Waals surface area contributed by atoms with Crippen molar-refractivity contribution in [3.05, 3.63) is 12.2 Å². The maximum absolute atomic E-state index is 12.2. The van der Waals surface area contributed by atoms with Gasteiger partial charge in [0.2, 0.25) is 0 Å². The molecule has 8 heteroatoms. The molecule has 5 fully saturated rings. The van der Waals surface area contributed by atoms with Crippen molar-refractivity contribution >= 4 is 5.78 Å². The van der Waals surface area contributed by atoms with Gasteiger partial charge in [-0.2, -0.15) is 0 Å². The second-order valence-electron chi connectivity index (χ2n) is 13.2. The van der Waals surface area contributed by atoms with Crippen molar-refractivity contribution < 1.29 is 39.8 Å². The van der Waals surface area contributed by atoms with E-state index in [1.165, 1.54) is 0 Å². The lowest BCUT2D eigenvalue weighted by molar-refractivity contribution is -0.317. The van der Waals surface area contributed by atoms with E-state index < -0.39 is 42.9 Å². The molecule has 1 heterocycles. The monoisotopic (exact) mass is 522 g/mol. The van der Waals surface area contributed by atoms with Crippen molar-refractivity contribution in [3.8, 4) is 0 Å². The Morgan fingerprint density at radius 1 is 0.973 bits per heavy atom. The van der Waals surface area contributed by atoms with E-state index in [4.69, 9.17) is 9.47 Å². The van der Waals surface area contributed by atoms with Crippen molar-refractivity contribution in [1.82, 2.24) is 0 Å². The maximum Gasteiger partial charge on any atom is 0.186 e. The first-order valence-corrected chi connectivity index (χ1v) is 14.3. The number of carbonyl (C=O) groups is 1. The molecule has 5 aliphatic rings. The van der Waals surface area contributed by atoms with Crippen LogP contribution in [0.2, 0.25) is 0 Å². The largest absolute Gasteiger partial charge is 0.394 e. The summed E-state index contributed by atoms with van der Waals surface area (Å²) in [6.45, 7) is 5.75. The van der Waals surface area contributed by atoms with Gasteiger partial charge < -0.3 is 35.0 Å². The van der Waals surface area contributed by atoms with Crippen molar-refractivity contribution in [1.29, 1.82) is 0 Å². The molecule has 1 aliphatic heterocycles. The summed E-state index contributed by atoms with van der Waals surface area (Å²) < 4.78 is 11.8. The maximum atomic E-state index is 12.2. The van der Waals surface area contributed by atoms with Crippen LogP contribution in [0.5, 0.6) is 0 Å². The van der Waals surface area contributed by atoms with E-state index in [1.54, 1.807) is 13.0 Å². The summed E-state index contributed by atoms with van der Waals surface area (Å²) in [4.78, 5) is 11.6. The van der Waals surface area contributed by atoms with Crippen LogP contribution in [0.3, 0.4) is 0 Å². The molecule has 0 aromatic heterocycles. The Labute approximate surface area is 220 Å². The fraction of sp³-hybridized carbons (Fsp3) is 0.897. The molecule has 0 spiro atoms. The van der Waals surface area contributed by atoms with Gasteiger partial charge in [-0.15, -0.1) is 0 Å². The third kappa shape index (κ3) is 4.35. The molecule has 0 amide bonds. The lowest BCUT2D eigenvalue weighted by Gasteiger charge is -2.63. The third-order valence-electron chi connectivity index (χ3n) is 11.6. The minimum atomic E-state index is -1.43. The number of hydrogen-bond acceptors (Lipinski definition) is 8. The minimum absolute atomic E-state index is 0.0587. The number of aliphatic hydroxyl groups excluding tert-OH is 4. The second kappa shape index (κ2) is 9.95. The molecule has 210 valence electrons. The van der Waals surface area contributed by atoms with Crippen LogP contribution in [0.25, 0.3) is 0 Å². The highest BCUT2D eigenvalue weighted by Gasteiger charge is 2.66. The average molecular weight is 523 g/mol. The van der Waals surface area contributed by atoms with Crippen LogP contribution >= 0.6 is 0 Å². The van der Waals surface area contributed by atoms with Gasteiger partial charge in [0.15, 0.2) is 12.1 Å². The molecule has 1 saturated heterocycles. The molecule has 0 aromatic carbocycles. The Kier molecular flexibility index (Phi) is 7.45. The van der Waals surface area contributed by atoms with Crippen LogP contribution in [0.4, 0.5) is 0 Å². The molecule has 0 aromatic rings. The highest BCUT2D eigenvalue weighted by molar-refractivity contribution is 5.87. The highest BCUT2D eigenvalue weighted by Crippen LogP contribution is 2.69. The molecular formula is C29H46O8. The standard InChI is InChI=1S/C29H46O8/c1-16(31)4-5-17-8-13-29(35)21-7-6-18-14-19(9-11-27(18,2)20(21)10-12-28(17,29)3)36-26-25(34)24(33)23(32)22(15-30)37-26/h4-5,17-26,30,32-35H,6-15H2,1-3H3/b5-4+. The van der Waals surface area contributed by atoms with Gasteiger partial charge in [0.25, 0.3) is 0 Å². The Hall–Kier alpha value is -0.870. The zero-order valence-corrected chi connectivity index (χ0v) is 22.5. The molecular weight excluding hydrogens is 476 g/mol. The fourth-order valence-corrected chi connectivity index (χ4v) is 9.28. The number of fused-ring (bicyclic) bond motifs is 5. The van der Waals surface area contributed by atoms with Crippen LogP contribution in [0, 0.1) is 34.5 Å². The average Bonchev–Trinajstić information content (AvgIpc) is 3.13. The minimum Gasteiger partial charge on any atom is -0.394 e. The zero-order valence-electron chi connectivity index (χ0n) is 22.5. The lowest BCUT2D eigenvalue weighted by atomic mass is 9.43. The molecule has 4 aliphatic carbocycles. The number of rotatable bonds is 5. The topological polar surface area (TPSA) is 137 Å². The predicted molar refractivity (Wildman–Crippen MR) is 135 cm³/mol. The van der Waals surface area contributed by atoms with E-state index in [0.717, 1.165) is 57.8 Å². The summed E-state index contributed by atoms with van der Waals surface area (Å²) in [5.41, 5.74) is -0.811. The Bertz CT molecular complexity index is 891. The summed E-state index contributed by atoms with van der Waals surface area (Å²) in [5, 5.41) is 52.4. The molecule has 0 bridgehead atoms. The molecule has 5 N–H and O–H groups in total. The van der Waals surface area contributed by atoms with Gasteiger partial charge in [0.05, 0.1) is 18.3 Å². The smallest absolute Gasteiger partial charge is 0.186 e. The SMILES string of the molecule is CC(=O)/C=C/C1CCC2(O)C3CCC4CC(OC5OC(CO)C(O)C(O)C5O)CCC4(C)C3CCC12C. The first-order valence-electron chi connectivity index (χ1n) is 14.3. The van der Waals surface area contributed by atoms with Crippen molar-refractivity contribution in [2.24, 2.45) is 34.5 Å². The Balaban J connectivity index is 1.28. The molecule has 8 nitrogen and oxygen atoms in total. The molecule has 37 heavy (non-hydrogen) atoms. The summed E-state index contributed by atoms with van der Waals surface area (Å²) in [7, 11) is 0. The number of ether oxygens (including phenoxy) is 2. The van der Waals surface area contributed by atoms with Gasteiger partial charge in [-0.25, -0.2) is 0 Å². The number of allylic oxidation sites excluding steroid dienone is 2. The quantitative estimate of drug-likeness (QED) is 0.274. The second-order valence-corrected chi connectivity index (χ2v) is 13.2. The van der Waals surface area contributed by atoms with E-state index in [0.29, 0.717) is 11.8 Å². The zero-order chi connectivity index (χ0) is 26.8. The van der Waals surface area contributed by atoms with Gasteiger partial charge in [0, 0.05) is 5.41 Å². The van der Waals surface area contributed by atoms with Crippen LogP contribution < -0.4 is 0 Å². The van der Waals surface area contributed by atoms with Crippen molar-refractivity contribution in [2.45, 2.75) is 121 Å². The van der Waals surface area contributed by atoms with E-state index in [-0.39, 0.29) is 34.6 Å². The van der Waals surface area contributed by atoms with Crippen LogP contribution in [0.15, 0.2) is 12.2 Å². The predicted octanol–water partition coefficient (Wildman–Crippen LogP) is 2.09. The Morgan fingerprint density at radius 3 is 2.43 bits per heavy atom. The Morgan fingerprint density at radius 2 is 1.73 bits per heavy atom. The van der Waals surface area contributed by atoms with E-state index in [1.807, 2.05) is 0 Å². The first kappa shape index (κ1) is 27.7. The fourth-order valence-electron chi connectivity index (χ4n) is 9.28. The van der Waals surface area contributed by atoms with E-state index >= 15 is 0 Å². The van der Waals surface area contributed by atoms with Gasteiger partial charge in [-0.1, -0.05) is 19.9 Å². The number of aliphatic hydroxyl groups is 5. The normalized spacial score (nSPS) is 53.9. The third-order valence-corrected chi connectivity index (χ3v) is 11.6. The summed E-state index contributed by atoms with van der Waals surface area (Å²) >= 11 is 0. The summed E-state index contributed by atoms with van der Waals surface area (Å²) in [6, 6.07) is 0. The van der Waals surface area contributed by atoms with Crippen LogP contribution in [-0.4, -0.2) is 80.3 Å². The highest BCUT2D eigenvalue weighted by atomic mass is 16.7. The molecule has 4 saturated carbocycles. The van der Waals surface area contributed by atoms with Crippen LogP contribution in [-0.2, 0) is 14.3 Å². The van der Waals surface area contributed by atoms with E-state index in [2.05, 4.69) is 19.9 Å². The molecule has 0 radical (unpaired) electrons. The molecule has 13 atom stereocenters. The summed E-state index contributed by atoms with van der Waals surface area (Å²) in [5.74, 6) is 1.42. The van der Waals surface area contributed by atoms with Crippen molar-refractivity contribution in [3.63, 3.8) is 0 Å². The van der Waals surface area contributed by atoms with Gasteiger partial charge in [0.1, 0.15) is 24.4 Å². The molecule has 13 unspecified atom stereocenters. The van der Waals surface area contributed by atoms with E-state index in [9.17, 15) is 30.3 Å². The number of hydrogen-bond donors (Lipinski definition) is 5. The van der Waals surface area contributed by atoms with Crippen molar-refractivity contribution in [2.75, 3.05) is 6.61 Å². The first-order chi connectivity index (χ1) is 17.4. The van der Waals surface area contributed by atoms with Crippen LogP contribution in [0.1, 0.15) is 78.6 Å². The summed E-state index contributed by atoms with van der Waals surface area (Å²) in [6.07, 6.45) is 5.69. The molecule has 5 rings (SSSR count). The van der Waals surface area contributed by atoms with Gasteiger partial charge >= 0.3 is 0 Å². The lowest BCUT2D eigenvalue weighted by Crippen LogP contribution is -2.62. The van der Waals surface area contributed by atoms with Gasteiger partial charge in [-0.05, 0) is 99.9 Å².